The van der Waals surface area contributed by atoms with Gasteiger partial charge >= 0.3 is 0 Å². The zero-order valence-electron chi connectivity index (χ0n) is 37.9. The highest BCUT2D eigenvalue weighted by atomic mass is 35.5. The van der Waals surface area contributed by atoms with Gasteiger partial charge in [-0.15, -0.1) is 0 Å². The summed E-state index contributed by atoms with van der Waals surface area (Å²) < 4.78 is 109. The monoisotopic (exact) mass is 1100 g/mol. The van der Waals surface area contributed by atoms with E-state index in [-0.39, 0.29) is 72.8 Å². The summed E-state index contributed by atoms with van der Waals surface area (Å²) in [5, 5.41) is 8.85. The highest BCUT2D eigenvalue weighted by Gasteiger charge is 2.22. The van der Waals surface area contributed by atoms with E-state index in [4.69, 9.17) is 32.7 Å². The van der Waals surface area contributed by atoms with Crippen LogP contribution in [-0.2, 0) is 20.0 Å². The molecule has 0 amide bonds. The fraction of sp³-hybridized carbons (Fsp3) is 0.0588. The molecule has 2 N–H and O–H groups in total. The molecule has 10 aromatic rings. The summed E-state index contributed by atoms with van der Waals surface area (Å²) in [6.07, 6.45) is 2.47. The first kappa shape index (κ1) is 53.9. The predicted molar refractivity (Wildman–Crippen MR) is 285 cm³/mol. The second-order valence-electron chi connectivity index (χ2n) is 15.5. The lowest BCUT2D eigenvalue weighted by Crippen LogP contribution is -2.19. The Hall–Kier alpha value is -7.87. The van der Waals surface area contributed by atoms with Crippen molar-refractivity contribution in [2.24, 2.45) is 0 Å². The van der Waals surface area contributed by atoms with Gasteiger partial charge in [0.25, 0.3) is 31.2 Å². The number of aromatic nitrogens is 4. The topological polar surface area (TPSA) is 207 Å². The molecule has 4 heterocycles. The Morgan fingerprint density at radius 3 is 1.30 bits per heavy atom. The molecule has 10 rings (SSSR count). The predicted octanol–water partition coefficient (Wildman–Crippen LogP) is 11.2. The van der Waals surface area contributed by atoms with Crippen molar-refractivity contribution < 1.29 is 44.1 Å². The van der Waals surface area contributed by atoms with Gasteiger partial charge in [-0.05, 0) is 96.1 Å². The zero-order valence-corrected chi connectivity index (χ0v) is 42.5. The Kier molecular flexibility index (Phi) is 16.1. The molecule has 0 aliphatic heterocycles. The molecule has 1 atom stereocenters. The van der Waals surface area contributed by atoms with Crippen molar-refractivity contribution in [2.45, 2.75) is 17.2 Å². The third-order valence-corrected chi connectivity index (χ3v) is 14.2. The maximum atomic E-state index is 15.3. The van der Waals surface area contributed by atoms with Crippen molar-refractivity contribution in [3.05, 3.63) is 201 Å². The van der Waals surface area contributed by atoms with Gasteiger partial charge in [0, 0.05) is 68.3 Å². The van der Waals surface area contributed by atoms with Crippen LogP contribution in [0.3, 0.4) is 0 Å². The third kappa shape index (κ3) is 11.0. The first-order valence-electron chi connectivity index (χ1n) is 21.0. The van der Waals surface area contributed by atoms with Crippen LogP contribution in [0.2, 0.25) is 10.0 Å². The number of sulfonamides is 2. The number of methoxy groups -OCH3 is 2. The molecule has 4 aromatic heterocycles. The van der Waals surface area contributed by atoms with Gasteiger partial charge in [-0.1, -0.05) is 65.2 Å². The normalized spacial score (nSPS) is 11.2. The van der Waals surface area contributed by atoms with E-state index in [2.05, 4.69) is 28.8 Å². The van der Waals surface area contributed by atoms with Crippen molar-refractivity contribution in [2.75, 3.05) is 23.7 Å². The number of ether oxygens (including phenoxy) is 2. The Bertz CT molecular complexity index is 3810. The quantitative estimate of drug-likeness (QED) is 0.110. The van der Waals surface area contributed by atoms with Crippen molar-refractivity contribution in [1.29, 1.82) is 0 Å². The van der Waals surface area contributed by atoms with Crippen LogP contribution >= 0.6 is 33.1 Å². The van der Waals surface area contributed by atoms with Crippen LogP contribution < -0.4 is 30.0 Å². The van der Waals surface area contributed by atoms with Gasteiger partial charge in [0.15, 0.2) is 11.6 Å². The number of nitrogens with one attached hydrogen (secondary N) is 2. The maximum Gasteiger partial charge on any atom is 0.263 e. The van der Waals surface area contributed by atoms with Gasteiger partial charge in [0.1, 0.15) is 35.7 Å². The van der Waals surface area contributed by atoms with Gasteiger partial charge in [-0.2, -0.15) is 9.90 Å². The summed E-state index contributed by atoms with van der Waals surface area (Å²) in [6, 6.07) is 35.5. The molecule has 0 bridgehead atoms. The average Bonchev–Trinajstić information content (AvgIpc) is 4.08. The molecule has 6 aromatic carbocycles. The van der Waals surface area contributed by atoms with Crippen LogP contribution in [0.15, 0.2) is 187 Å². The van der Waals surface area contributed by atoms with Crippen molar-refractivity contribution in [3.8, 4) is 45.1 Å². The largest absolute Gasteiger partial charge is 0.495 e. The second kappa shape index (κ2) is 22.1. The van der Waals surface area contributed by atoms with Crippen LogP contribution in [0.5, 0.6) is 11.5 Å². The summed E-state index contributed by atoms with van der Waals surface area (Å²) >= 11 is 12.1. The number of rotatable bonds is 12. The lowest BCUT2D eigenvalue weighted by molar-refractivity contribution is 0.412. The highest BCUT2D eigenvalue weighted by molar-refractivity contribution is 7.93. The number of hydrogen-bond acceptors (Lipinski definition) is 12. The minimum Gasteiger partial charge on any atom is -0.495 e. The number of anilines is 2. The summed E-state index contributed by atoms with van der Waals surface area (Å²) in [5.41, 5.74) is 1.72. The van der Waals surface area contributed by atoms with Crippen molar-refractivity contribution in [3.63, 3.8) is 0 Å². The molecule has 1 unspecified atom stereocenters. The molecule has 0 radical (unpaired) electrons. The van der Waals surface area contributed by atoms with E-state index in [0.717, 1.165) is 0 Å². The molecule has 74 heavy (non-hydrogen) atoms. The number of benzene rings is 6. The van der Waals surface area contributed by atoms with E-state index in [1.54, 1.807) is 48.5 Å². The number of nitrogens with zero attached hydrogens (tertiary/aromatic N) is 4. The second-order valence-corrected chi connectivity index (χ2v) is 19.7. The van der Waals surface area contributed by atoms with E-state index < -0.39 is 42.8 Å². The van der Waals surface area contributed by atoms with E-state index >= 15 is 8.78 Å². The fourth-order valence-corrected chi connectivity index (χ4v) is 10.2. The Morgan fingerprint density at radius 2 is 0.946 bits per heavy atom. The van der Waals surface area contributed by atoms with Gasteiger partial charge in [0.05, 0.1) is 46.4 Å². The molecular weight excluding hydrogens is 1060 g/mol. The van der Waals surface area contributed by atoms with E-state index in [9.17, 15) is 26.4 Å². The molecule has 0 fully saturated rings. The molecule has 0 spiro atoms. The average molecular weight is 1100 g/mol. The minimum absolute atomic E-state index is 0. The Morgan fingerprint density at radius 1 is 0.541 bits per heavy atom. The molecule has 0 aliphatic rings. The third-order valence-electron chi connectivity index (χ3n) is 11.0. The molecule has 16 nitrogen and oxygen atoms in total. The zero-order chi connectivity index (χ0) is 50.9. The summed E-state index contributed by atoms with van der Waals surface area (Å²) in [6.45, 7) is 0. The first-order chi connectivity index (χ1) is 34.5. The molecule has 0 saturated carbocycles. The summed E-state index contributed by atoms with van der Waals surface area (Å²) in [4.78, 5) is 25.7. The van der Waals surface area contributed by atoms with Gasteiger partial charge < -0.3 is 18.5 Å². The Balaban J connectivity index is 0.000000211. The molecule has 380 valence electrons. The van der Waals surface area contributed by atoms with Crippen molar-refractivity contribution in [1.82, 2.24) is 19.4 Å². The number of pyridine rings is 2. The van der Waals surface area contributed by atoms with E-state index in [1.165, 1.54) is 133 Å². The van der Waals surface area contributed by atoms with Gasteiger partial charge in [0.2, 0.25) is 0 Å². The van der Waals surface area contributed by atoms with Crippen molar-refractivity contribution >= 4 is 86.6 Å². The molecule has 0 aliphatic carbocycles. The lowest BCUT2D eigenvalue weighted by atomic mass is 10.0. The van der Waals surface area contributed by atoms with Crippen LogP contribution in [0.25, 0.3) is 55.4 Å². The minimum atomic E-state index is -3.98. The number of hydrogen-bond donors (Lipinski definition) is 2. The van der Waals surface area contributed by atoms with Crippen LogP contribution in [0, 0.1) is 11.6 Å². The lowest BCUT2D eigenvalue weighted by Gasteiger charge is -2.16. The molecular formula is C51H41Cl2F2N6O10PS2. The maximum absolute atomic E-state index is 15.3. The van der Waals surface area contributed by atoms with E-state index in [0.29, 0.717) is 43.0 Å². The number of halogens is 4. The van der Waals surface area contributed by atoms with Gasteiger partial charge in [-0.3, -0.25) is 28.2 Å². The summed E-state index contributed by atoms with van der Waals surface area (Å²) in [7, 11) is -5.13. The van der Waals surface area contributed by atoms with Crippen LogP contribution in [-0.4, -0.2) is 50.5 Å². The highest BCUT2D eigenvalue weighted by Crippen LogP contribution is 2.36. The fourth-order valence-electron chi connectivity index (χ4n) is 7.72. The Labute approximate surface area is 434 Å². The standard InChI is InChI=1S/2C25H17ClFN3O5S.CH4.H3P/c2*1-34-23-13-19(15-3-2-4-17(26)11-15)20(27)14-22(23)30-21-7-6-18(12-16(21)5-8-25(30)31)36(32,33)29-24-9-10-35-28-24;;/h2*2-14H,1H3,(H,28,29);1H4;1H3. The SMILES string of the molecule is C.COc1cc(-c2cccc(Cl)c2)c(F)cc1-n1c(=O)ccc2cc(S(=O)(=O)Nc3ccon3)ccc21.COc1cc(-c2cccc(Cl)c2)c(F)cc1-n1c(=O)ccc2cc(S(=O)(=O)Nc3ccon3)ccc21.P. The van der Waals surface area contributed by atoms with Crippen LogP contribution in [0.4, 0.5) is 20.4 Å². The number of fused-ring (bicyclic) bond motifs is 2. The first-order valence-corrected chi connectivity index (χ1v) is 24.7. The summed E-state index contributed by atoms with van der Waals surface area (Å²) in [5.74, 6) is -0.642. The smallest absolute Gasteiger partial charge is 0.263 e. The molecule has 0 saturated heterocycles. The molecule has 23 heteroatoms. The van der Waals surface area contributed by atoms with Crippen LogP contribution in [0.1, 0.15) is 7.43 Å². The van der Waals surface area contributed by atoms with E-state index in [1.807, 2.05) is 0 Å². The van der Waals surface area contributed by atoms with Gasteiger partial charge in [-0.25, -0.2) is 25.6 Å².